The number of hydrogen-bond donors (Lipinski definition) is 0. The first-order valence-corrected chi connectivity index (χ1v) is 7.87. The van der Waals surface area contributed by atoms with Gasteiger partial charge in [-0.25, -0.2) is 9.37 Å². The quantitative estimate of drug-likeness (QED) is 0.814. The summed E-state index contributed by atoms with van der Waals surface area (Å²) in [4.78, 5) is 4.24. The van der Waals surface area contributed by atoms with Crippen LogP contribution in [0.4, 0.5) is 4.39 Å². The van der Waals surface area contributed by atoms with E-state index in [1.165, 1.54) is 12.1 Å². The molecule has 98 valence electrons. The van der Waals surface area contributed by atoms with Crippen molar-refractivity contribution in [2.24, 2.45) is 0 Å². The fourth-order valence-corrected chi connectivity index (χ4v) is 2.54. The van der Waals surface area contributed by atoms with Crippen molar-refractivity contribution in [1.29, 1.82) is 0 Å². The van der Waals surface area contributed by atoms with E-state index in [0.717, 1.165) is 0 Å². The van der Waals surface area contributed by atoms with Gasteiger partial charge in [0.05, 0.1) is 21.9 Å². The zero-order valence-corrected chi connectivity index (χ0v) is 11.9. The van der Waals surface area contributed by atoms with Gasteiger partial charge >= 0.3 is 0 Å². The van der Waals surface area contributed by atoms with Crippen LogP contribution in [0.15, 0.2) is 12.1 Å². The monoisotopic (exact) mass is 308 g/mol. The van der Waals surface area contributed by atoms with Crippen molar-refractivity contribution in [1.82, 2.24) is 9.55 Å². The molecule has 0 saturated carbocycles. The van der Waals surface area contributed by atoms with Crippen molar-refractivity contribution in [3.8, 4) is 0 Å². The van der Waals surface area contributed by atoms with Crippen LogP contribution in [0.1, 0.15) is 5.82 Å². The maximum atomic E-state index is 13.3. The Morgan fingerprint density at radius 1 is 1.50 bits per heavy atom. The summed E-state index contributed by atoms with van der Waals surface area (Å²) in [5.41, 5.74) is 1.22. The van der Waals surface area contributed by atoms with E-state index in [9.17, 15) is 8.60 Å². The average molecular weight is 309 g/mol. The van der Waals surface area contributed by atoms with E-state index < -0.39 is 16.6 Å². The van der Waals surface area contributed by atoms with Gasteiger partial charge in [0, 0.05) is 35.4 Å². The lowest BCUT2D eigenvalue weighted by Crippen LogP contribution is -2.09. The SMILES string of the molecule is CS(=O)CCn1c(CCl)nc2cc(F)c(Cl)cc21. The van der Waals surface area contributed by atoms with Gasteiger partial charge < -0.3 is 4.57 Å². The molecule has 0 aliphatic carbocycles. The lowest BCUT2D eigenvalue weighted by Gasteiger charge is -2.06. The molecular formula is C11H11Cl2FN2OS. The summed E-state index contributed by atoms with van der Waals surface area (Å²) in [6, 6.07) is 2.81. The van der Waals surface area contributed by atoms with E-state index in [-0.39, 0.29) is 10.9 Å². The molecule has 1 unspecified atom stereocenters. The first-order valence-electron chi connectivity index (χ1n) is 5.23. The maximum Gasteiger partial charge on any atom is 0.144 e. The topological polar surface area (TPSA) is 34.9 Å². The predicted molar refractivity (Wildman–Crippen MR) is 73.2 cm³/mol. The molecule has 3 nitrogen and oxygen atoms in total. The van der Waals surface area contributed by atoms with Gasteiger partial charge in [0.2, 0.25) is 0 Å². The van der Waals surface area contributed by atoms with Crippen LogP contribution in [-0.2, 0) is 23.2 Å². The fraction of sp³-hybridized carbons (Fsp3) is 0.364. The number of aromatic nitrogens is 2. The molecule has 0 amide bonds. The molecule has 2 aromatic rings. The van der Waals surface area contributed by atoms with Crippen LogP contribution in [0.5, 0.6) is 0 Å². The molecule has 0 bridgehead atoms. The van der Waals surface area contributed by atoms with Crippen molar-refractivity contribution in [3.05, 3.63) is 28.8 Å². The van der Waals surface area contributed by atoms with E-state index in [4.69, 9.17) is 23.2 Å². The van der Waals surface area contributed by atoms with Crippen molar-refractivity contribution in [3.63, 3.8) is 0 Å². The van der Waals surface area contributed by atoms with Gasteiger partial charge in [0.25, 0.3) is 0 Å². The van der Waals surface area contributed by atoms with E-state index in [1.807, 2.05) is 4.57 Å². The highest BCUT2D eigenvalue weighted by atomic mass is 35.5. The van der Waals surface area contributed by atoms with Crippen LogP contribution in [0.25, 0.3) is 11.0 Å². The van der Waals surface area contributed by atoms with Crippen LogP contribution in [0.2, 0.25) is 5.02 Å². The first-order chi connectivity index (χ1) is 8.52. The molecule has 0 N–H and O–H groups in total. The van der Waals surface area contributed by atoms with Crippen LogP contribution in [-0.4, -0.2) is 25.8 Å². The number of rotatable bonds is 4. The summed E-state index contributed by atoms with van der Waals surface area (Å²) >= 11 is 11.6. The minimum Gasteiger partial charge on any atom is -0.326 e. The Hall–Kier alpha value is -0.650. The Kier molecular flexibility index (Phi) is 4.25. The van der Waals surface area contributed by atoms with Crippen molar-refractivity contribution in [2.75, 3.05) is 12.0 Å². The Balaban J connectivity index is 2.53. The zero-order valence-electron chi connectivity index (χ0n) is 9.62. The van der Waals surface area contributed by atoms with Gasteiger partial charge in [0.15, 0.2) is 0 Å². The standard InChI is InChI=1S/C11H11Cl2FN2OS/c1-18(17)3-2-16-10-4-7(13)8(14)5-9(10)15-11(16)6-12/h4-5H,2-3,6H2,1H3. The molecule has 1 aromatic heterocycles. The van der Waals surface area contributed by atoms with Crippen LogP contribution in [0.3, 0.4) is 0 Å². The number of nitrogens with zero attached hydrogens (tertiary/aromatic N) is 2. The van der Waals surface area contributed by atoms with Gasteiger partial charge in [-0.3, -0.25) is 4.21 Å². The summed E-state index contributed by atoms with van der Waals surface area (Å²) in [7, 11) is -0.912. The zero-order chi connectivity index (χ0) is 13.3. The van der Waals surface area contributed by atoms with Crippen molar-refractivity contribution >= 4 is 45.0 Å². The number of fused-ring (bicyclic) bond motifs is 1. The summed E-state index contributed by atoms with van der Waals surface area (Å²) in [5, 5.41) is 0.0439. The second kappa shape index (κ2) is 5.55. The summed E-state index contributed by atoms with van der Waals surface area (Å²) in [5.74, 6) is 0.821. The molecule has 1 aromatic carbocycles. The van der Waals surface area contributed by atoms with Crippen molar-refractivity contribution in [2.45, 2.75) is 12.4 Å². The predicted octanol–water partition coefficient (Wildman–Crippen LogP) is 2.95. The second-order valence-corrected chi connectivity index (χ2v) is 6.07. The lowest BCUT2D eigenvalue weighted by atomic mass is 10.3. The number of halogens is 3. The maximum absolute atomic E-state index is 13.3. The average Bonchev–Trinajstić information content (AvgIpc) is 2.64. The molecule has 0 radical (unpaired) electrons. The Bertz CT molecular complexity index is 615. The molecule has 1 atom stereocenters. The number of imidazole rings is 1. The smallest absolute Gasteiger partial charge is 0.144 e. The molecule has 0 aliphatic rings. The van der Waals surface area contributed by atoms with Gasteiger partial charge in [-0.15, -0.1) is 11.6 Å². The van der Waals surface area contributed by atoms with Crippen LogP contribution < -0.4 is 0 Å². The molecule has 7 heteroatoms. The normalized spacial score (nSPS) is 13.1. The minimum atomic E-state index is -0.912. The summed E-state index contributed by atoms with van der Waals surface area (Å²) in [6.07, 6.45) is 1.63. The lowest BCUT2D eigenvalue weighted by molar-refractivity contribution is 0.629. The van der Waals surface area contributed by atoms with E-state index in [0.29, 0.717) is 29.2 Å². The third-order valence-electron chi connectivity index (χ3n) is 2.59. The third-order valence-corrected chi connectivity index (χ3v) is 3.88. The highest BCUT2D eigenvalue weighted by molar-refractivity contribution is 7.84. The fourth-order valence-electron chi connectivity index (χ4n) is 1.74. The Labute approximate surface area is 116 Å². The van der Waals surface area contributed by atoms with Gasteiger partial charge in [-0.05, 0) is 6.07 Å². The Morgan fingerprint density at radius 3 is 2.83 bits per heavy atom. The van der Waals surface area contributed by atoms with E-state index in [1.54, 1.807) is 6.26 Å². The number of benzene rings is 1. The number of hydrogen-bond acceptors (Lipinski definition) is 2. The summed E-state index contributed by atoms with van der Waals surface area (Å²) < 4.78 is 26.3. The highest BCUT2D eigenvalue weighted by Gasteiger charge is 2.13. The highest BCUT2D eigenvalue weighted by Crippen LogP contribution is 2.24. The molecular weight excluding hydrogens is 298 g/mol. The molecule has 0 spiro atoms. The van der Waals surface area contributed by atoms with Gasteiger partial charge in [-0.1, -0.05) is 11.6 Å². The first kappa shape index (κ1) is 13.8. The molecule has 0 aliphatic heterocycles. The summed E-state index contributed by atoms with van der Waals surface area (Å²) in [6.45, 7) is 0.517. The van der Waals surface area contributed by atoms with Gasteiger partial charge in [0.1, 0.15) is 11.6 Å². The number of alkyl halides is 1. The van der Waals surface area contributed by atoms with Crippen LogP contribution >= 0.6 is 23.2 Å². The number of aryl methyl sites for hydroxylation is 1. The van der Waals surface area contributed by atoms with E-state index >= 15 is 0 Å². The largest absolute Gasteiger partial charge is 0.326 e. The molecule has 0 fully saturated rings. The van der Waals surface area contributed by atoms with E-state index in [2.05, 4.69) is 4.98 Å². The molecule has 0 saturated heterocycles. The second-order valence-electron chi connectivity index (χ2n) is 3.85. The van der Waals surface area contributed by atoms with Gasteiger partial charge in [-0.2, -0.15) is 0 Å². The molecule has 2 rings (SSSR count). The molecule has 1 heterocycles. The third kappa shape index (κ3) is 2.68. The molecule has 18 heavy (non-hydrogen) atoms. The van der Waals surface area contributed by atoms with Crippen molar-refractivity contribution < 1.29 is 8.60 Å². The van der Waals surface area contributed by atoms with Crippen LogP contribution in [0, 0.1) is 5.82 Å². The Morgan fingerprint density at radius 2 is 2.22 bits per heavy atom. The minimum absolute atomic E-state index is 0.0439.